The number of rotatable bonds is 12. The van der Waals surface area contributed by atoms with E-state index in [4.69, 9.17) is 0 Å². The molecule has 0 aliphatic heterocycles. The van der Waals surface area contributed by atoms with Crippen LogP contribution in [0.25, 0.3) is 16.8 Å². The van der Waals surface area contributed by atoms with E-state index in [9.17, 15) is 23.2 Å². The van der Waals surface area contributed by atoms with E-state index < -0.39 is 33.7 Å². The molecule has 2 atom stereocenters. The Labute approximate surface area is 224 Å². The molecule has 0 spiro atoms. The zero-order valence-corrected chi connectivity index (χ0v) is 22.7. The van der Waals surface area contributed by atoms with Crippen LogP contribution in [0.4, 0.5) is 0 Å². The molecular weight excluding hydrogens is 502 g/mol. The lowest BCUT2D eigenvalue weighted by Crippen LogP contribution is -2.50. The molecule has 0 saturated heterocycles. The van der Waals surface area contributed by atoms with Gasteiger partial charge in [-0.1, -0.05) is 92.7 Å². The molecule has 3 rings (SSSR count). The lowest BCUT2D eigenvalue weighted by Gasteiger charge is -2.28. The third kappa shape index (κ3) is 8.24. The van der Waals surface area contributed by atoms with Crippen LogP contribution in [0.5, 0.6) is 0 Å². The molecule has 8 nitrogen and oxygen atoms in total. The average Bonchev–Trinajstić information content (AvgIpc) is 2.89. The minimum Gasteiger partial charge on any atom is -0.289 e. The van der Waals surface area contributed by atoms with Gasteiger partial charge in [0.2, 0.25) is 21.8 Å². The third-order valence-corrected chi connectivity index (χ3v) is 7.29. The quantitative estimate of drug-likeness (QED) is 0.232. The first-order chi connectivity index (χ1) is 18.1. The average molecular weight is 538 g/mol. The number of nitrogens with one attached hydrogen (secondary N) is 2. The van der Waals surface area contributed by atoms with Gasteiger partial charge in [-0.25, -0.2) is 13.9 Å². The molecule has 3 aromatic rings. The molecule has 2 amide bonds. The lowest BCUT2D eigenvalue weighted by molar-refractivity contribution is -0.142. The Morgan fingerprint density at radius 2 is 1.58 bits per heavy atom. The molecule has 0 aliphatic carbocycles. The highest BCUT2D eigenvalue weighted by atomic mass is 32.2. The number of nitrogens with zero attached hydrogens (tertiary/aromatic N) is 1. The number of amides is 2. The summed E-state index contributed by atoms with van der Waals surface area (Å²) in [5.74, 6) is -3.08. The molecule has 0 aliphatic rings. The number of carbonyl (C=O) groups is 2. The van der Waals surface area contributed by atoms with Crippen LogP contribution in [0.2, 0.25) is 0 Å². The Kier molecular flexibility index (Phi) is 10.2. The molecular formula is C29H35N3O5S. The first-order valence-corrected chi connectivity index (χ1v) is 14.3. The van der Waals surface area contributed by atoms with Gasteiger partial charge in [-0.15, -0.1) is 4.41 Å². The third-order valence-electron chi connectivity index (χ3n) is 6.27. The van der Waals surface area contributed by atoms with Crippen molar-refractivity contribution in [2.24, 2.45) is 17.8 Å². The molecule has 3 N–H and O–H groups in total. The molecule has 9 heteroatoms. The number of hydrazine groups is 1. The van der Waals surface area contributed by atoms with Crippen molar-refractivity contribution in [2.75, 3.05) is 6.26 Å². The SMILES string of the molecule is CC(C)C[C@@H](C(=O)NN(Cc1ccc2ccccc2c1)S(C)(=O)=O)[C@H](C/C=C/c1ccccc1)C(=O)NO. The second kappa shape index (κ2) is 13.3. The smallest absolute Gasteiger partial charge is 0.247 e. The van der Waals surface area contributed by atoms with E-state index in [0.29, 0.717) is 12.0 Å². The van der Waals surface area contributed by atoms with Gasteiger partial charge < -0.3 is 0 Å². The topological polar surface area (TPSA) is 116 Å². The Bertz CT molecular complexity index is 1370. The predicted molar refractivity (Wildman–Crippen MR) is 149 cm³/mol. The molecule has 0 aromatic heterocycles. The van der Waals surface area contributed by atoms with Crippen molar-refractivity contribution in [1.29, 1.82) is 0 Å². The van der Waals surface area contributed by atoms with Crippen molar-refractivity contribution in [3.63, 3.8) is 0 Å². The summed E-state index contributed by atoms with van der Waals surface area (Å²) in [5, 5.41) is 11.4. The molecule has 0 saturated carbocycles. The van der Waals surface area contributed by atoms with Crippen LogP contribution in [0.3, 0.4) is 0 Å². The van der Waals surface area contributed by atoms with Crippen molar-refractivity contribution < 1.29 is 23.2 Å². The number of sulfonamides is 1. The standard InChI is InChI=1S/C29H35N3O5S/c1-21(2)18-27(26(29(34)31-35)15-9-12-22-10-5-4-6-11-22)28(33)30-32(38(3,36)37)20-23-16-17-24-13-7-8-14-25(24)19-23/h4-14,16-17,19,21,26-27,35H,15,18,20H2,1-3H3,(H,30,33)(H,31,34)/b12-9+/t26-,27+/m0/s1. The summed E-state index contributed by atoms with van der Waals surface area (Å²) in [6, 6.07) is 22.8. The Morgan fingerprint density at radius 1 is 0.921 bits per heavy atom. The van der Waals surface area contributed by atoms with E-state index in [2.05, 4.69) is 5.43 Å². The lowest BCUT2D eigenvalue weighted by atomic mass is 9.82. The molecule has 202 valence electrons. The van der Waals surface area contributed by atoms with Gasteiger partial charge in [0, 0.05) is 0 Å². The molecule has 0 fully saturated rings. The summed E-state index contributed by atoms with van der Waals surface area (Å²) in [6.45, 7) is 3.75. The first-order valence-electron chi connectivity index (χ1n) is 12.5. The maximum atomic E-state index is 13.5. The molecule has 38 heavy (non-hydrogen) atoms. The molecule has 0 heterocycles. The highest BCUT2D eigenvalue weighted by Crippen LogP contribution is 2.26. The van der Waals surface area contributed by atoms with Crippen molar-refractivity contribution in [1.82, 2.24) is 15.3 Å². The number of hydroxylamine groups is 1. The summed E-state index contributed by atoms with van der Waals surface area (Å²) in [6.07, 6.45) is 5.13. The van der Waals surface area contributed by atoms with Gasteiger partial charge in [0.05, 0.1) is 24.6 Å². The Morgan fingerprint density at radius 3 is 2.21 bits per heavy atom. The first kappa shape index (κ1) is 29.0. The number of hydrogen-bond donors (Lipinski definition) is 3. The summed E-state index contributed by atoms with van der Waals surface area (Å²) < 4.78 is 26.2. The maximum absolute atomic E-state index is 13.5. The summed E-state index contributed by atoms with van der Waals surface area (Å²) in [4.78, 5) is 26.2. The van der Waals surface area contributed by atoms with E-state index in [1.165, 1.54) is 0 Å². The monoisotopic (exact) mass is 537 g/mol. The zero-order valence-electron chi connectivity index (χ0n) is 21.9. The number of fused-ring (bicyclic) bond motifs is 1. The van der Waals surface area contributed by atoms with Crippen LogP contribution >= 0.6 is 0 Å². The van der Waals surface area contributed by atoms with Crippen LogP contribution in [0, 0.1) is 17.8 Å². The van der Waals surface area contributed by atoms with E-state index >= 15 is 0 Å². The van der Waals surface area contributed by atoms with E-state index in [1.54, 1.807) is 11.6 Å². The number of benzene rings is 3. The van der Waals surface area contributed by atoms with Crippen LogP contribution in [0.15, 0.2) is 78.9 Å². The zero-order chi connectivity index (χ0) is 27.7. The van der Waals surface area contributed by atoms with E-state index in [-0.39, 0.29) is 18.9 Å². The summed E-state index contributed by atoms with van der Waals surface area (Å²) in [5.41, 5.74) is 5.85. The predicted octanol–water partition coefficient (Wildman–Crippen LogP) is 4.52. The van der Waals surface area contributed by atoms with Gasteiger partial charge in [-0.3, -0.25) is 20.2 Å². The fraction of sp³-hybridized carbons (Fsp3) is 0.310. The second-order valence-electron chi connectivity index (χ2n) is 9.79. The second-order valence-corrected chi connectivity index (χ2v) is 11.7. The van der Waals surface area contributed by atoms with Gasteiger partial charge >= 0.3 is 0 Å². The Balaban J connectivity index is 1.85. The summed E-state index contributed by atoms with van der Waals surface area (Å²) >= 11 is 0. The van der Waals surface area contributed by atoms with Gasteiger partial charge in [0.1, 0.15) is 0 Å². The van der Waals surface area contributed by atoms with Crippen molar-refractivity contribution in [3.05, 3.63) is 90.0 Å². The molecule has 0 bridgehead atoms. The van der Waals surface area contributed by atoms with Crippen LogP contribution < -0.4 is 10.9 Å². The van der Waals surface area contributed by atoms with Gasteiger partial charge in [-0.05, 0) is 46.7 Å². The largest absolute Gasteiger partial charge is 0.289 e. The molecule has 0 radical (unpaired) electrons. The Hall–Kier alpha value is -3.53. The molecule has 0 unspecified atom stereocenters. The van der Waals surface area contributed by atoms with Crippen molar-refractivity contribution in [2.45, 2.75) is 33.2 Å². The van der Waals surface area contributed by atoms with E-state index in [0.717, 1.165) is 27.0 Å². The van der Waals surface area contributed by atoms with Gasteiger partial charge in [0.25, 0.3) is 0 Å². The highest BCUT2D eigenvalue weighted by molar-refractivity contribution is 7.88. The minimum absolute atomic E-state index is 0.0324. The minimum atomic E-state index is -3.84. The fourth-order valence-electron chi connectivity index (χ4n) is 4.36. The normalized spacial score (nSPS) is 13.6. The maximum Gasteiger partial charge on any atom is 0.247 e. The van der Waals surface area contributed by atoms with Crippen molar-refractivity contribution in [3.8, 4) is 0 Å². The van der Waals surface area contributed by atoms with Gasteiger partial charge in [-0.2, -0.15) is 0 Å². The van der Waals surface area contributed by atoms with Crippen molar-refractivity contribution >= 4 is 38.7 Å². The summed E-state index contributed by atoms with van der Waals surface area (Å²) in [7, 11) is -3.84. The highest BCUT2D eigenvalue weighted by Gasteiger charge is 2.35. The van der Waals surface area contributed by atoms with Crippen LogP contribution in [-0.4, -0.2) is 36.1 Å². The van der Waals surface area contributed by atoms with Crippen LogP contribution in [-0.2, 0) is 26.2 Å². The number of hydrogen-bond acceptors (Lipinski definition) is 5. The van der Waals surface area contributed by atoms with E-state index in [1.807, 2.05) is 92.7 Å². The number of carbonyl (C=O) groups excluding carboxylic acids is 2. The number of allylic oxidation sites excluding steroid dienone is 1. The van der Waals surface area contributed by atoms with Gasteiger partial charge in [0.15, 0.2) is 0 Å². The molecule has 3 aromatic carbocycles. The van der Waals surface area contributed by atoms with Crippen LogP contribution in [0.1, 0.15) is 37.8 Å². The fourth-order valence-corrected chi connectivity index (χ4v) is 5.00.